The van der Waals surface area contributed by atoms with Gasteiger partial charge in [-0.05, 0) is 29.7 Å². The molecular formula is C14H20O2. The van der Waals surface area contributed by atoms with Gasteiger partial charge in [-0.2, -0.15) is 0 Å². The van der Waals surface area contributed by atoms with E-state index in [0.29, 0.717) is 11.5 Å². The first-order valence-corrected chi connectivity index (χ1v) is 5.92. The summed E-state index contributed by atoms with van der Waals surface area (Å²) in [7, 11) is 0. The number of hydrogen-bond donors (Lipinski definition) is 1. The molecule has 0 unspecified atom stereocenters. The average molecular weight is 220 g/mol. The van der Waals surface area contributed by atoms with Gasteiger partial charge in [-0.1, -0.05) is 39.8 Å². The number of allylic oxidation sites excluding steroid dienone is 3. The number of rotatable bonds is 1. The highest BCUT2D eigenvalue weighted by Gasteiger charge is 2.50. The third kappa shape index (κ3) is 1.43. The molecule has 2 heteroatoms. The van der Waals surface area contributed by atoms with Crippen LogP contribution in [0.1, 0.15) is 40.5 Å². The molecule has 0 radical (unpaired) electrons. The summed E-state index contributed by atoms with van der Waals surface area (Å²) in [5.74, 6) is -0.110. The molecule has 2 aliphatic carbocycles. The second kappa shape index (κ2) is 3.22. The zero-order valence-corrected chi connectivity index (χ0v) is 10.5. The number of carboxylic acids is 1. The van der Waals surface area contributed by atoms with Gasteiger partial charge in [0.1, 0.15) is 0 Å². The minimum absolute atomic E-state index is 0.0288. The van der Waals surface area contributed by atoms with E-state index in [2.05, 4.69) is 19.1 Å². The first-order valence-electron chi connectivity index (χ1n) is 5.92. The summed E-state index contributed by atoms with van der Waals surface area (Å²) in [6.45, 7) is 8.13. The first kappa shape index (κ1) is 11.4. The van der Waals surface area contributed by atoms with Gasteiger partial charge in [-0.25, -0.2) is 4.79 Å². The molecule has 0 heterocycles. The van der Waals surface area contributed by atoms with Crippen molar-refractivity contribution in [2.45, 2.75) is 40.5 Å². The van der Waals surface area contributed by atoms with Crippen molar-refractivity contribution >= 4 is 5.97 Å². The predicted molar refractivity (Wildman–Crippen MR) is 64.1 cm³/mol. The summed E-state index contributed by atoms with van der Waals surface area (Å²) < 4.78 is 0. The van der Waals surface area contributed by atoms with Gasteiger partial charge >= 0.3 is 5.97 Å². The largest absolute Gasteiger partial charge is 0.478 e. The second-order valence-corrected chi connectivity index (χ2v) is 6.23. The smallest absolute Gasteiger partial charge is 0.332 e. The summed E-state index contributed by atoms with van der Waals surface area (Å²) in [6.07, 6.45) is 6.46. The van der Waals surface area contributed by atoms with Crippen molar-refractivity contribution in [1.82, 2.24) is 0 Å². The van der Waals surface area contributed by atoms with Crippen molar-refractivity contribution in [1.29, 1.82) is 0 Å². The molecule has 0 amide bonds. The van der Waals surface area contributed by atoms with Crippen LogP contribution in [-0.4, -0.2) is 11.1 Å². The van der Waals surface area contributed by atoms with Crippen LogP contribution in [0.25, 0.3) is 0 Å². The third-order valence-electron chi connectivity index (χ3n) is 4.10. The molecule has 1 fully saturated rings. The molecular weight excluding hydrogens is 200 g/mol. The Kier molecular flexibility index (Phi) is 2.30. The lowest BCUT2D eigenvalue weighted by Gasteiger charge is -2.47. The fraction of sp³-hybridized carbons (Fsp3) is 0.643. The summed E-state index contributed by atoms with van der Waals surface area (Å²) in [4.78, 5) is 11.4. The van der Waals surface area contributed by atoms with Crippen LogP contribution in [0.3, 0.4) is 0 Å². The molecule has 0 bridgehead atoms. The summed E-state index contributed by atoms with van der Waals surface area (Å²) in [5, 5.41) is 9.40. The number of aliphatic carboxylic acids is 1. The molecule has 0 aromatic rings. The van der Waals surface area contributed by atoms with Crippen LogP contribution in [0.5, 0.6) is 0 Å². The molecule has 2 aliphatic rings. The Morgan fingerprint density at radius 1 is 1.50 bits per heavy atom. The molecule has 0 aromatic carbocycles. The van der Waals surface area contributed by atoms with E-state index in [-0.39, 0.29) is 10.8 Å². The van der Waals surface area contributed by atoms with Crippen LogP contribution in [0, 0.1) is 16.7 Å². The van der Waals surface area contributed by atoms with Crippen LogP contribution in [-0.2, 0) is 4.79 Å². The molecule has 16 heavy (non-hydrogen) atoms. The van der Waals surface area contributed by atoms with Gasteiger partial charge in [0.15, 0.2) is 0 Å². The maximum atomic E-state index is 11.4. The highest BCUT2D eigenvalue weighted by atomic mass is 16.4. The lowest BCUT2D eigenvalue weighted by molar-refractivity contribution is -0.134. The van der Waals surface area contributed by atoms with Crippen molar-refractivity contribution in [3.63, 3.8) is 0 Å². The van der Waals surface area contributed by atoms with Crippen LogP contribution in [0.15, 0.2) is 23.3 Å². The Balaban J connectivity index is 2.48. The number of carboxylic acid groups (broad SMARTS) is 1. The molecule has 2 nitrogen and oxygen atoms in total. The van der Waals surface area contributed by atoms with E-state index >= 15 is 0 Å². The van der Waals surface area contributed by atoms with E-state index in [1.165, 1.54) is 0 Å². The van der Waals surface area contributed by atoms with Crippen LogP contribution < -0.4 is 0 Å². The Bertz CT molecular complexity index is 395. The van der Waals surface area contributed by atoms with Crippen molar-refractivity contribution in [2.24, 2.45) is 16.7 Å². The highest BCUT2D eigenvalue weighted by molar-refractivity contribution is 5.89. The SMILES string of the molecule is CC(C)(C)C(C(=O)O)=C1C[C@@H]2CC=C[C@]12C. The van der Waals surface area contributed by atoms with Gasteiger partial charge in [0.2, 0.25) is 0 Å². The molecule has 0 aliphatic heterocycles. The van der Waals surface area contributed by atoms with Gasteiger partial charge in [-0.15, -0.1) is 0 Å². The molecule has 0 aromatic heterocycles. The molecule has 0 saturated heterocycles. The minimum Gasteiger partial charge on any atom is -0.478 e. The molecule has 1 N–H and O–H groups in total. The Morgan fingerprint density at radius 3 is 2.56 bits per heavy atom. The van der Waals surface area contributed by atoms with Crippen molar-refractivity contribution < 1.29 is 9.90 Å². The van der Waals surface area contributed by atoms with Crippen molar-refractivity contribution in [3.05, 3.63) is 23.3 Å². The number of hydrogen-bond acceptors (Lipinski definition) is 1. The van der Waals surface area contributed by atoms with Gasteiger partial charge in [-0.3, -0.25) is 0 Å². The first-order chi connectivity index (χ1) is 7.27. The maximum Gasteiger partial charge on any atom is 0.332 e. The van der Waals surface area contributed by atoms with Crippen LogP contribution in [0.4, 0.5) is 0 Å². The maximum absolute atomic E-state index is 11.4. The zero-order valence-electron chi connectivity index (χ0n) is 10.5. The van der Waals surface area contributed by atoms with Crippen LogP contribution in [0.2, 0.25) is 0 Å². The molecule has 0 spiro atoms. The minimum atomic E-state index is -0.748. The van der Waals surface area contributed by atoms with Gasteiger partial charge in [0.25, 0.3) is 0 Å². The average Bonchev–Trinajstić information content (AvgIpc) is 2.38. The normalized spacial score (nSPS) is 35.6. The Labute approximate surface area is 97.0 Å². The van der Waals surface area contributed by atoms with Gasteiger partial charge < -0.3 is 5.11 Å². The van der Waals surface area contributed by atoms with E-state index < -0.39 is 5.97 Å². The van der Waals surface area contributed by atoms with E-state index in [9.17, 15) is 9.90 Å². The number of carbonyl (C=O) groups is 1. The Hall–Kier alpha value is -1.05. The topological polar surface area (TPSA) is 37.3 Å². The fourth-order valence-corrected chi connectivity index (χ4v) is 3.11. The van der Waals surface area contributed by atoms with Crippen molar-refractivity contribution in [2.75, 3.05) is 0 Å². The standard InChI is InChI=1S/C14H20O2/c1-13(2,3)11(12(15)16)10-8-9-6-5-7-14(9,10)4/h5,7,9H,6,8H2,1-4H3,(H,15,16)/t9-,14-/m0/s1. The fourth-order valence-electron chi connectivity index (χ4n) is 3.11. The van der Waals surface area contributed by atoms with Crippen LogP contribution >= 0.6 is 0 Å². The van der Waals surface area contributed by atoms with E-state index in [4.69, 9.17) is 0 Å². The van der Waals surface area contributed by atoms with E-state index in [1.54, 1.807) is 0 Å². The molecule has 1 saturated carbocycles. The molecule has 2 atom stereocenters. The summed E-state index contributed by atoms with van der Waals surface area (Å²) in [5.41, 5.74) is 1.52. The quantitative estimate of drug-likeness (QED) is 0.543. The lowest BCUT2D eigenvalue weighted by atomic mass is 9.56. The van der Waals surface area contributed by atoms with Crippen molar-refractivity contribution in [3.8, 4) is 0 Å². The van der Waals surface area contributed by atoms with E-state index in [0.717, 1.165) is 18.4 Å². The Morgan fingerprint density at radius 2 is 2.12 bits per heavy atom. The second-order valence-electron chi connectivity index (χ2n) is 6.23. The van der Waals surface area contributed by atoms with Gasteiger partial charge in [0, 0.05) is 11.0 Å². The zero-order chi connectivity index (χ0) is 12.1. The predicted octanol–water partition coefficient (Wildman–Crippen LogP) is 3.40. The monoisotopic (exact) mass is 220 g/mol. The van der Waals surface area contributed by atoms with Gasteiger partial charge in [0.05, 0.1) is 0 Å². The highest BCUT2D eigenvalue weighted by Crippen LogP contribution is 2.59. The molecule has 88 valence electrons. The summed E-state index contributed by atoms with van der Waals surface area (Å²) in [6, 6.07) is 0. The summed E-state index contributed by atoms with van der Waals surface area (Å²) >= 11 is 0. The van der Waals surface area contributed by atoms with E-state index in [1.807, 2.05) is 20.8 Å². The number of fused-ring (bicyclic) bond motifs is 1. The molecule has 2 rings (SSSR count). The lowest BCUT2D eigenvalue weighted by Crippen LogP contribution is -2.39. The third-order valence-corrected chi connectivity index (χ3v) is 4.10.